The zero-order chi connectivity index (χ0) is 11.8. The molecule has 0 saturated carbocycles. The molecule has 0 aromatic carbocycles. The SMILES string of the molecule is C=CCCCC(C)C(=O)OC1COCCO1. The number of hydrogen-bond acceptors (Lipinski definition) is 4. The van der Waals surface area contributed by atoms with Crippen LogP contribution in [0.25, 0.3) is 0 Å². The summed E-state index contributed by atoms with van der Waals surface area (Å²) in [4.78, 5) is 11.6. The molecule has 1 heterocycles. The Kier molecular flexibility index (Phi) is 6.11. The monoisotopic (exact) mass is 228 g/mol. The molecule has 2 unspecified atom stereocenters. The second-order valence-corrected chi connectivity index (χ2v) is 3.93. The maximum absolute atomic E-state index is 11.6. The van der Waals surface area contributed by atoms with Gasteiger partial charge in [-0.1, -0.05) is 13.0 Å². The Morgan fingerprint density at radius 3 is 3.06 bits per heavy atom. The van der Waals surface area contributed by atoms with E-state index in [1.165, 1.54) is 0 Å². The Morgan fingerprint density at radius 1 is 1.62 bits per heavy atom. The van der Waals surface area contributed by atoms with Crippen molar-refractivity contribution in [3.05, 3.63) is 12.7 Å². The van der Waals surface area contributed by atoms with Gasteiger partial charge in [-0.05, 0) is 19.3 Å². The molecule has 0 spiro atoms. The predicted molar refractivity (Wildman–Crippen MR) is 59.9 cm³/mol. The molecule has 1 rings (SSSR count). The summed E-state index contributed by atoms with van der Waals surface area (Å²) in [6.07, 6.45) is 4.04. The molecule has 0 aromatic rings. The van der Waals surface area contributed by atoms with Gasteiger partial charge in [0.05, 0.1) is 19.1 Å². The predicted octanol–water partition coefficient (Wildman–Crippen LogP) is 1.89. The largest absolute Gasteiger partial charge is 0.433 e. The molecule has 0 aromatic heterocycles. The van der Waals surface area contributed by atoms with E-state index in [2.05, 4.69) is 6.58 Å². The summed E-state index contributed by atoms with van der Waals surface area (Å²) in [5, 5.41) is 0. The summed E-state index contributed by atoms with van der Waals surface area (Å²) in [6, 6.07) is 0. The minimum atomic E-state index is -0.525. The summed E-state index contributed by atoms with van der Waals surface area (Å²) in [5.74, 6) is -0.301. The van der Waals surface area contributed by atoms with Crippen molar-refractivity contribution in [3.63, 3.8) is 0 Å². The van der Waals surface area contributed by atoms with E-state index in [-0.39, 0.29) is 11.9 Å². The summed E-state index contributed by atoms with van der Waals surface area (Å²) in [5.41, 5.74) is 0. The van der Waals surface area contributed by atoms with Gasteiger partial charge in [-0.25, -0.2) is 0 Å². The second-order valence-electron chi connectivity index (χ2n) is 3.93. The molecule has 2 atom stereocenters. The first-order chi connectivity index (χ1) is 7.74. The molecule has 4 heteroatoms. The molecule has 0 radical (unpaired) electrons. The number of esters is 1. The lowest BCUT2D eigenvalue weighted by molar-refractivity contribution is -0.217. The van der Waals surface area contributed by atoms with Crippen LogP contribution in [0.5, 0.6) is 0 Å². The van der Waals surface area contributed by atoms with E-state index >= 15 is 0 Å². The number of unbranched alkanes of at least 4 members (excludes halogenated alkanes) is 1. The number of hydrogen-bond donors (Lipinski definition) is 0. The molecular formula is C12H20O4. The standard InChI is InChI=1S/C12H20O4/c1-3-4-5-6-10(2)12(13)16-11-9-14-7-8-15-11/h3,10-11H,1,4-9H2,2H3. The van der Waals surface area contributed by atoms with Crippen LogP contribution in [0.3, 0.4) is 0 Å². The number of allylic oxidation sites excluding steroid dienone is 1. The average Bonchev–Trinajstić information content (AvgIpc) is 2.30. The molecule has 0 amide bonds. The minimum absolute atomic E-state index is 0.0922. The Hall–Kier alpha value is -0.870. The summed E-state index contributed by atoms with van der Waals surface area (Å²) in [7, 11) is 0. The maximum Gasteiger partial charge on any atom is 0.311 e. The normalized spacial score (nSPS) is 22.4. The van der Waals surface area contributed by atoms with Gasteiger partial charge in [0.2, 0.25) is 6.29 Å². The smallest absolute Gasteiger partial charge is 0.311 e. The second kappa shape index (κ2) is 7.41. The van der Waals surface area contributed by atoms with Gasteiger partial charge in [0, 0.05) is 0 Å². The first-order valence-electron chi connectivity index (χ1n) is 5.74. The van der Waals surface area contributed by atoms with E-state index in [0.29, 0.717) is 19.8 Å². The quantitative estimate of drug-likeness (QED) is 0.395. The van der Waals surface area contributed by atoms with Gasteiger partial charge in [0.15, 0.2) is 0 Å². The van der Waals surface area contributed by atoms with Crippen LogP contribution in [-0.4, -0.2) is 32.1 Å². The van der Waals surface area contributed by atoms with Gasteiger partial charge in [0.25, 0.3) is 0 Å². The van der Waals surface area contributed by atoms with Gasteiger partial charge in [-0.2, -0.15) is 0 Å². The average molecular weight is 228 g/mol. The van der Waals surface area contributed by atoms with Crippen LogP contribution in [0.1, 0.15) is 26.2 Å². The lowest BCUT2D eigenvalue weighted by Gasteiger charge is -2.24. The molecule has 16 heavy (non-hydrogen) atoms. The van der Waals surface area contributed by atoms with Crippen LogP contribution in [0.4, 0.5) is 0 Å². The lowest BCUT2D eigenvalue weighted by Crippen LogP contribution is -2.34. The van der Waals surface area contributed by atoms with Gasteiger partial charge >= 0.3 is 5.97 Å². The van der Waals surface area contributed by atoms with E-state index in [0.717, 1.165) is 19.3 Å². The Labute approximate surface area is 96.6 Å². The number of carbonyl (C=O) groups excluding carboxylic acids is 1. The maximum atomic E-state index is 11.6. The highest BCUT2D eigenvalue weighted by molar-refractivity contribution is 5.72. The molecule has 92 valence electrons. The fraction of sp³-hybridized carbons (Fsp3) is 0.750. The lowest BCUT2D eigenvalue weighted by atomic mass is 10.0. The molecule has 0 aliphatic carbocycles. The van der Waals surface area contributed by atoms with Gasteiger partial charge in [-0.15, -0.1) is 6.58 Å². The highest BCUT2D eigenvalue weighted by Crippen LogP contribution is 2.12. The van der Waals surface area contributed by atoms with Crippen LogP contribution < -0.4 is 0 Å². The van der Waals surface area contributed by atoms with E-state index in [9.17, 15) is 4.79 Å². The summed E-state index contributed by atoms with van der Waals surface area (Å²) in [6.45, 7) is 6.91. The molecule has 4 nitrogen and oxygen atoms in total. The van der Waals surface area contributed by atoms with Crippen molar-refractivity contribution in [2.45, 2.75) is 32.5 Å². The molecule has 1 saturated heterocycles. The van der Waals surface area contributed by atoms with Gasteiger partial charge < -0.3 is 14.2 Å². The Bertz CT molecular complexity index is 221. The van der Waals surface area contributed by atoms with Crippen molar-refractivity contribution in [1.82, 2.24) is 0 Å². The summed E-state index contributed by atoms with van der Waals surface area (Å²) >= 11 is 0. The third-order valence-corrected chi connectivity index (χ3v) is 2.48. The number of ether oxygens (including phenoxy) is 3. The van der Waals surface area contributed by atoms with Crippen LogP contribution in [-0.2, 0) is 19.0 Å². The summed E-state index contributed by atoms with van der Waals surface area (Å²) < 4.78 is 15.6. The number of rotatable bonds is 6. The van der Waals surface area contributed by atoms with Crippen LogP contribution >= 0.6 is 0 Å². The minimum Gasteiger partial charge on any atom is -0.433 e. The Balaban J connectivity index is 2.19. The zero-order valence-corrected chi connectivity index (χ0v) is 9.81. The molecule has 1 aliphatic rings. The van der Waals surface area contributed by atoms with Crippen LogP contribution in [0.2, 0.25) is 0 Å². The fourth-order valence-electron chi connectivity index (χ4n) is 1.47. The van der Waals surface area contributed by atoms with E-state index in [4.69, 9.17) is 14.2 Å². The third kappa shape index (κ3) is 4.77. The van der Waals surface area contributed by atoms with Crippen LogP contribution in [0, 0.1) is 5.92 Å². The van der Waals surface area contributed by atoms with Crippen molar-refractivity contribution in [2.24, 2.45) is 5.92 Å². The van der Waals surface area contributed by atoms with Crippen molar-refractivity contribution in [3.8, 4) is 0 Å². The van der Waals surface area contributed by atoms with Crippen molar-refractivity contribution < 1.29 is 19.0 Å². The van der Waals surface area contributed by atoms with Crippen molar-refractivity contribution in [1.29, 1.82) is 0 Å². The highest BCUT2D eigenvalue weighted by Gasteiger charge is 2.22. The van der Waals surface area contributed by atoms with Gasteiger partial charge in [0.1, 0.15) is 6.61 Å². The molecule has 1 fully saturated rings. The zero-order valence-electron chi connectivity index (χ0n) is 9.81. The first-order valence-corrected chi connectivity index (χ1v) is 5.74. The topological polar surface area (TPSA) is 44.8 Å². The number of carbonyl (C=O) groups is 1. The molecule has 0 N–H and O–H groups in total. The van der Waals surface area contributed by atoms with Gasteiger partial charge in [-0.3, -0.25) is 4.79 Å². The Morgan fingerprint density at radius 2 is 2.44 bits per heavy atom. The highest BCUT2D eigenvalue weighted by atomic mass is 16.7. The molecule has 0 bridgehead atoms. The van der Waals surface area contributed by atoms with Crippen LogP contribution in [0.15, 0.2) is 12.7 Å². The third-order valence-electron chi connectivity index (χ3n) is 2.48. The first kappa shape index (κ1) is 13.2. The fourth-order valence-corrected chi connectivity index (χ4v) is 1.47. The van der Waals surface area contributed by atoms with Crippen molar-refractivity contribution in [2.75, 3.05) is 19.8 Å². The molecular weight excluding hydrogens is 208 g/mol. The van der Waals surface area contributed by atoms with E-state index in [1.807, 2.05) is 13.0 Å². The molecule has 1 aliphatic heterocycles. The van der Waals surface area contributed by atoms with E-state index < -0.39 is 6.29 Å². The van der Waals surface area contributed by atoms with Crippen molar-refractivity contribution >= 4 is 5.97 Å². The van der Waals surface area contributed by atoms with E-state index in [1.54, 1.807) is 0 Å².